The van der Waals surface area contributed by atoms with E-state index in [1.165, 1.54) is 11.3 Å². The minimum absolute atomic E-state index is 0.549. The molecule has 0 aliphatic carbocycles. The molecule has 0 saturated heterocycles. The second kappa shape index (κ2) is 5.94. The van der Waals surface area contributed by atoms with E-state index >= 15 is 0 Å². The van der Waals surface area contributed by atoms with Crippen LogP contribution >= 0.6 is 38.9 Å². The molecule has 1 heterocycles. The summed E-state index contributed by atoms with van der Waals surface area (Å²) >= 11 is 10.5. The zero-order valence-electron chi connectivity index (χ0n) is 9.98. The molecule has 0 amide bonds. The third-order valence-corrected chi connectivity index (χ3v) is 5.18. The highest BCUT2D eigenvalue weighted by Gasteiger charge is 2.23. The van der Waals surface area contributed by atoms with Gasteiger partial charge < -0.3 is 10.4 Å². The van der Waals surface area contributed by atoms with Gasteiger partial charge in [0.15, 0.2) is 6.04 Å². The summed E-state index contributed by atoms with van der Waals surface area (Å²) in [4.78, 5) is 12.1. The van der Waals surface area contributed by atoms with Gasteiger partial charge in [0.2, 0.25) is 0 Å². The van der Waals surface area contributed by atoms with Gasteiger partial charge in [0.05, 0.1) is 0 Å². The number of benzene rings is 1. The van der Waals surface area contributed by atoms with E-state index in [9.17, 15) is 9.90 Å². The second-order valence-corrected chi connectivity index (χ2v) is 6.54. The average molecular weight is 361 g/mol. The van der Waals surface area contributed by atoms with Crippen molar-refractivity contribution >= 4 is 50.5 Å². The molecule has 0 fully saturated rings. The quantitative estimate of drug-likeness (QED) is 0.830. The summed E-state index contributed by atoms with van der Waals surface area (Å²) in [5.74, 6) is -0.936. The Morgan fingerprint density at radius 2 is 2.16 bits per heavy atom. The fourth-order valence-corrected chi connectivity index (χ4v) is 3.43. The summed E-state index contributed by atoms with van der Waals surface area (Å²) < 4.78 is 1.26. The molecular formula is C13H11BrClNO2S. The number of hydrogen-bond acceptors (Lipinski definition) is 3. The molecule has 19 heavy (non-hydrogen) atoms. The molecule has 0 aliphatic rings. The minimum Gasteiger partial charge on any atom is -0.479 e. The van der Waals surface area contributed by atoms with Crippen LogP contribution in [0.5, 0.6) is 0 Å². The summed E-state index contributed by atoms with van der Waals surface area (Å²) in [5.41, 5.74) is 1.80. The van der Waals surface area contributed by atoms with Gasteiger partial charge in [-0.25, -0.2) is 4.79 Å². The number of carboxylic acids is 1. The van der Waals surface area contributed by atoms with E-state index in [1.54, 1.807) is 6.07 Å². The highest BCUT2D eigenvalue weighted by molar-refractivity contribution is 9.10. The summed E-state index contributed by atoms with van der Waals surface area (Å²) in [5, 5.41) is 12.4. The number of aliphatic carboxylic acids is 1. The third kappa shape index (κ3) is 3.29. The Morgan fingerprint density at radius 3 is 2.68 bits per heavy atom. The smallest absolute Gasteiger partial charge is 0.331 e. The Bertz CT molecular complexity index is 595. The first-order valence-corrected chi connectivity index (χ1v) is 7.47. The van der Waals surface area contributed by atoms with Crippen LogP contribution in [0.3, 0.4) is 0 Å². The number of nitrogens with one attached hydrogen (secondary N) is 1. The van der Waals surface area contributed by atoms with Crippen LogP contribution < -0.4 is 5.32 Å². The van der Waals surface area contributed by atoms with Crippen molar-refractivity contribution in [2.24, 2.45) is 0 Å². The largest absolute Gasteiger partial charge is 0.479 e. The number of carboxylic acid groups (broad SMARTS) is 1. The first-order chi connectivity index (χ1) is 8.99. The van der Waals surface area contributed by atoms with E-state index in [1.807, 2.05) is 31.2 Å². The molecule has 2 rings (SSSR count). The lowest BCUT2D eigenvalue weighted by atomic mass is 10.1. The number of halogens is 2. The van der Waals surface area contributed by atoms with Crippen LogP contribution in [0.25, 0.3) is 0 Å². The zero-order chi connectivity index (χ0) is 14.0. The van der Waals surface area contributed by atoms with E-state index in [2.05, 4.69) is 21.2 Å². The van der Waals surface area contributed by atoms with Crippen molar-refractivity contribution in [2.45, 2.75) is 13.0 Å². The lowest BCUT2D eigenvalue weighted by molar-refractivity contribution is -0.138. The van der Waals surface area contributed by atoms with Gasteiger partial charge in [0, 0.05) is 15.0 Å². The van der Waals surface area contributed by atoms with Crippen LogP contribution in [0.2, 0.25) is 4.34 Å². The van der Waals surface area contributed by atoms with E-state index in [-0.39, 0.29) is 0 Å². The highest BCUT2D eigenvalue weighted by atomic mass is 79.9. The molecule has 1 aromatic heterocycles. The lowest BCUT2D eigenvalue weighted by Crippen LogP contribution is -2.19. The lowest BCUT2D eigenvalue weighted by Gasteiger charge is -2.15. The standard InChI is InChI=1S/C13H11BrClNO2S/c1-7-4-2-3-5-9(7)16-11(13(17)18)10-6-8(14)12(15)19-10/h2-6,11,16H,1H3,(H,17,18). The number of hydrogen-bond donors (Lipinski definition) is 2. The maximum absolute atomic E-state index is 11.4. The zero-order valence-corrected chi connectivity index (χ0v) is 13.1. The molecule has 0 saturated carbocycles. The Hall–Kier alpha value is -1.04. The van der Waals surface area contributed by atoms with Gasteiger partial charge in [-0.15, -0.1) is 11.3 Å². The predicted octanol–water partition coefficient (Wildman–Crippen LogP) is 4.71. The molecule has 2 aromatic rings. The topological polar surface area (TPSA) is 49.3 Å². The molecule has 0 spiro atoms. The van der Waals surface area contributed by atoms with Crippen molar-refractivity contribution in [2.75, 3.05) is 5.32 Å². The SMILES string of the molecule is Cc1ccccc1NC(C(=O)O)c1cc(Br)c(Cl)s1. The van der Waals surface area contributed by atoms with Crippen LogP contribution in [0.1, 0.15) is 16.5 Å². The molecule has 100 valence electrons. The van der Waals surface area contributed by atoms with Crippen molar-refractivity contribution < 1.29 is 9.90 Å². The maximum Gasteiger partial charge on any atom is 0.331 e. The van der Waals surface area contributed by atoms with Crippen LogP contribution in [-0.4, -0.2) is 11.1 Å². The van der Waals surface area contributed by atoms with Crippen molar-refractivity contribution in [1.29, 1.82) is 0 Å². The van der Waals surface area contributed by atoms with Crippen LogP contribution in [0.15, 0.2) is 34.8 Å². The number of rotatable bonds is 4. The van der Waals surface area contributed by atoms with Gasteiger partial charge in [-0.2, -0.15) is 0 Å². The fraction of sp³-hybridized carbons (Fsp3) is 0.154. The molecule has 0 radical (unpaired) electrons. The summed E-state index contributed by atoms with van der Waals surface area (Å²) in [7, 11) is 0. The summed E-state index contributed by atoms with van der Waals surface area (Å²) in [6.07, 6.45) is 0. The van der Waals surface area contributed by atoms with Gasteiger partial charge in [0.1, 0.15) is 4.34 Å². The molecule has 1 aromatic carbocycles. The summed E-state index contributed by atoms with van der Waals surface area (Å²) in [6.45, 7) is 1.93. The average Bonchev–Trinajstić information content (AvgIpc) is 2.68. The van der Waals surface area contributed by atoms with Crippen molar-refractivity contribution in [3.05, 3.63) is 49.6 Å². The van der Waals surface area contributed by atoms with E-state index in [0.717, 1.165) is 11.3 Å². The fourth-order valence-electron chi connectivity index (χ4n) is 1.65. The van der Waals surface area contributed by atoms with E-state index < -0.39 is 12.0 Å². The van der Waals surface area contributed by atoms with Crippen molar-refractivity contribution in [3.8, 4) is 0 Å². The second-order valence-electron chi connectivity index (χ2n) is 4.00. The Morgan fingerprint density at radius 1 is 1.47 bits per heavy atom. The number of thiophene rings is 1. The molecule has 1 atom stereocenters. The van der Waals surface area contributed by atoms with Crippen LogP contribution in [-0.2, 0) is 4.79 Å². The van der Waals surface area contributed by atoms with E-state index in [0.29, 0.717) is 13.7 Å². The molecule has 0 aliphatic heterocycles. The molecule has 6 heteroatoms. The van der Waals surface area contributed by atoms with Crippen LogP contribution in [0.4, 0.5) is 5.69 Å². The third-order valence-electron chi connectivity index (χ3n) is 2.64. The first kappa shape index (κ1) is 14.4. The molecule has 1 unspecified atom stereocenters. The molecule has 0 bridgehead atoms. The monoisotopic (exact) mass is 359 g/mol. The number of carbonyl (C=O) groups is 1. The molecule has 3 nitrogen and oxygen atoms in total. The van der Waals surface area contributed by atoms with Gasteiger partial charge in [-0.1, -0.05) is 29.8 Å². The Kier molecular flexibility index (Phi) is 4.50. The number of anilines is 1. The van der Waals surface area contributed by atoms with Crippen molar-refractivity contribution in [1.82, 2.24) is 0 Å². The molecule has 2 N–H and O–H groups in total. The molecular weight excluding hydrogens is 350 g/mol. The minimum atomic E-state index is -0.936. The highest BCUT2D eigenvalue weighted by Crippen LogP contribution is 2.36. The van der Waals surface area contributed by atoms with Crippen molar-refractivity contribution in [3.63, 3.8) is 0 Å². The Labute approximate surface area is 128 Å². The van der Waals surface area contributed by atoms with Gasteiger partial charge in [0.25, 0.3) is 0 Å². The Balaban J connectivity index is 2.32. The van der Waals surface area contributed by atoms with Gasteiger partial charge in [-0.05, 0) is 40.5 Å². The maximum atomic E-state index is 11.4. The predicted molar refractivity (Wildman–Crippen MR) is 82.2 cm³/mol. The van der Waals surface area contributed by atoms with Gasteiger partial charge >= 0.3 is 5.97 Å². The normalized spacial score (nSPS) is 12.2. The summed E-state index contributed by atoms with van der Waals surface area (Å²) in [6, 6.07) is 8.49. The first-order valence-electron chi connectivity index (χ1n) is 5.48. The van der Waals surface area contributed by atoms with Crippen LogP contribution in [0, 0.1) is 6.92 Å². The number of aryl methyl sites for hydroxylation is 1. The number of para-hydroxylation sites is 1. The van der Waals surface area contributed by atoms with Gasteiger partial charge in [-0.3, -0.25) is 0 Å². The van der Waals surface area contributed by atoms with E-state index in [4.69, 9.17) is 11.6 Å².